The van der Waals surface area contributed by atoms with E-state index >= 15 is 0 Å². The molecule has 92 valence electrons. The Balaban J connectivity index is 0.00000196. The minimum absolute atomic E-state index is 0. The van der Waals surface area contributed by atoms with Crippen molar-refractivity contribution < 1.29 is 25.5 Å². The van der Waals surface area contributed by atoms with E-state index in [0.717, 1.165) is 0 Å². The maximum absolute atomic E-state index is 9.51. The molecule has 1 aliphatic heterocycles. The number of rotatable bonds is 3. The summed E-state index contributed by atoms with van der Waals surface area (Å²) in [4.78, 5) is 1.56. The first-order valence-electron chi connectivity index (χ1n) is 4.61. The molecule has 1 rings (SSSR count). The van der Waals surface area contributed by atoms with Crippen LogP contribution in [0.4, 0.5) is 0 Å². The summed E-state index contributed by atoms with van der Waals surface area (Å²) in [5, 5.41) is 45.9. The van der Waals surface area contributed by atoms with Crippen molar-refractivity contribution in [3.63, 3.8) is 0 Å². The van der Waals surface area contributed by atoms with Crippen LogP contribution in [0.2, 0.25) is 0 Å². The lowest BCUT2D eigenvalue weighted by Gasteiger charge is -2.42. The topological polar surface area (TPSA) is 104 Å². The van der Waals surface area contributed by atoms with Gasteiger partial charge in [0.1, 0.15) is 12.2 Å². The van der Waals surface area contributed by atoms with Crippen molar-refractivity contribution >= 4 is 12.4 Å². The van der Waals surface area contributed by atoms with Gasteiger partial charge in [-0.15, -0.1) is 12.4 Å². The number of aliphatic hydroxyl groups excluding tert-OH is 5. The van der Waals surface area contributed by atoms with Crippen LogP contribution in [0, 0.1) is 0 Å². The quantitative estimate of drug-likeness (QED) is 0.366. The zero-order chi connectivity index (χ0) is 10.7. The van der Waals surface area contributed by atoms with Crippen molar-refractivity contribution in [2.75, 3.05) is 26.3 Å². The van der Waals surface area contributed by atoms with Crippen LogP contribution in [-0.2, 0) is 0 Å². The molecule has 7 heteroatoms. The summed E-state index contributed by atoms with van der Waals surface area (Å²) in [7, 11) is 0. The zero-order valence-corrected chi connectivity index (χ0v) is 9.05. The van der Waals surface area contributed by atoms with E-state index in [1.54, 1.807) is 4.90 Å². The van der Waals surface area contributed by atoms with Gasteiger partial charge in [0.25, 0.3) is 0 Å². The molecule has 0 spiro atoms. The van der Waals surface area contributed by atoms with Gasteiger partial charge in [-0.25, -0.2) is 0 Å². The molecule has 0 aliphatic carbocycles. The van der Waals surface area contributed by atoms with Crippen LogP contribution in [0.5, 0.6) is 0 Å². The lowest BCUT2D eigenvalue weighted by atomic mass is 9.94. The summed E-state index contributed by atoms with van der Waals surface area (Å²) in [6.07, 6.45) is -3.46. The van der Waals surface area contributed by atoms with Crippen molar-refractivity contribution in [2.24, 2.45) is 0 Å². The summed E-state index contributed by atoms with van der Waals surface area (Å²) < 4.78 is 0. The second-order valence-corrected chi connectivity index (χ2v) is 3.52. The average Bonchev–Trinajstić information content (AvgIpc) is 2.16. The third kappa shape index (κ3) is 3.25. The Morgan fingerprint density at radius 2 is 1.67 bits per heavy atom. The highest BCUT2D eigenvalue weighted by atomic mass is 35.5. The van der Waals surface area contributed by atoms with Crippen molar-refractivity contribution in [2.45, 2.75) is 24.4 Å². The van der Waals surface area contributed by atoms with Gasteiger partial charge in [-0.2, -0.15) is 0 Å². The molecule has 0 bridgehead atoms. The van der Waals surface area contributed by atoms with Gasteiger partial charge in [0.2, 0.25) is 0 Å². The van der Waals surface area contributed by atoms with E-state index < -0.39 is 24.4 Å². The van der Waals surface area contributed by atoms with E-state index in [-0.39, 0.29) is 38.7 Å². The second kappa shape index (κ2) is 6.59. The fraction of sp³-hybridized carbons (Fsp3) is 1.00. The summed E-state index contributed by atoms with van der Waals surface area (Å²) in [5.74, 6) is 0. The third-order valence-corrected chi connectivity index (χ3v) is 2.60. The van der Waals surface area contributed by atoms with Crippen LogP contribution >= 0.6 is 12.4 Å². The number of hydrogen-bond donors (Lipinski definition) is 5. The molecule has 15 heavy (non-hydrogen) atoms. The molecule has 0 aromatic carbocycles. The summed E-state index contributed by atoms with van der Waals surface area (Å²) in [6.45, 7) is -0.0347. The predicted octanol–water partition coefficient (Wildman–Crippen LogP) is -2.84. The van der Waals surface area contributed by atoms with Gasteiger partial charge in [-0.3, -0.25) is 4.90 Å². The molecule has 0 saturated carbocycles. The van der Waals surface area contributed by atoms with Crippen LogP contribution in [0.25, 0.3) is 0 Å². The first-order valence-corrected chi connectivity index (χ1v) is 4.61. The molecule has 0 aromatic heterocycles. The number of halogens is 1. The summed E-state index contributed by atoms with van der Waals surface area (Å²) in [5.41, 5.74) is 0. The highest BCUT2D eigenvalue weighted by Crippen LogP contribution is 2.18. The minimum Gasteiger partial charge on any atom is -0.395 e. The zero-order valence-electron chi connectivity index (χ0n) is 8.23. The molecule has 1 fully saturated rings. The van der Waals surface area contributed by atoms with E-state index in [1.165, 1.54) is 0 Å². The fourth-order valence-corrected chi connectivity index (χ4v) is 1.76. The predicted molar refractivity (Wildman–Crippen MR) is 54.8 cm³/mol. The number of hydrogen-bond acceptors (Lipinski definition) is 6. The maximum atomic E-state index is 9.51. The number of nitrogens with zero attached hydrogens (tertiary/aromatic N) is 1. The second-order valence-electron chi connectivity index (χ2n) is 3.52. The molecule has 1 heterocycles. The van der Waals surface area contributed by atoms with Gasteiger partial charge in [0, 0.05) is 13.1 Å². The number of β-amino-alcohol motifs (C(OH)–C–C–N with tert-alkyl or cyclic N) is 2. The Morgan fingerprint density at radius 1 is 1.07 bits per heavy atom. The van der Waals surface area contributed by atoms with Crippen molar-refractivity contribution in [3.05, 3.63) is 0 Å². The number of piperidine rings is 1. The lowest BCUT2D eigenvalue weighted by Crippen LogP contribution is -2.62. The Bertz CT molecular complexity index is 184. The SMILES string of the molecule is Cl.OCCN1CC(O)[C@@H](O)[C@@H](O)C1CO. The highest BCUT2D eigenvalue weighted by molar-refractivity contribution is 5.85. The largest absolute Gasteiger partial charge is 0.395 e. The van der Waals surface area contributed by atoms with Crippen molar-refractivity contribution in [3.8, 4) is 0 Å². The number of aliphatic hydroxyl groups is 5. The lowest BCUT2D eigenvalue weighted by molar-refractivity contribution is -0.146. The normalized spacial score (nSPS) is 37.4. The molecular formula is C8H18ClNO5. The molecule has 1 aliphatic rings. The van der Waals surface area contributed by atoms with Crippen LogP contribution in [-0.4, -0.2) is 81.1 Å². The molecule has 0 aromatic rings. The number of likely N-dealkylation sites (tertiary alicyclic amines) is 1. The smallest absolute Gasteiger partial charge is 0.109 e. The third-order valence-electron chi connectivity index (χ3n) is 2.60. The molecule has 0 radical (unpaired) electrons. The highest BCUT2D eigenvalue weighted by Gasteiger charge is 2.40. The molecule has 1 saturated heterocycles. The maximum Gasteiger partial charge on any atom is 0.109 e. The Kier molecular flexibility index (Phi) is 6.62. The van der Waals surface area contributed by atoms with Gasteiger partial charge < -0.3 is 25.5 Å². The van der Waals surface area contributed by atoms with E-state index in [4.69, 9.17) is 10.2 Å². The monoisotopic (exact) mass is 243 g/mol. The Labute approximate surface area is 94.2 Å². The standard InChI is InChI=1S/C8H17NO5.ClH/c10-2-1-9-3-6(12)8(14)7(13)5(9)4-11;/h5-8,10-14H,1-4H2;1H/t5?,6?,7-,8+;/m0./s1. The van der Waals surface area contributed by atoms with E-state index in [9.17, 15) is 15.3 Å². The Morgan fingerprint density at radius 3 is 2.13 bits per heavy atom. The molecule has 5 N–H and O–H groups in total. The van der Waals surface area contributed by atoms with E-state index in [2.05, 4.69) is 0 Å². The van der Waals surface area contributed by atoms with E-state index in [0.29, 0.717) is 0 Å². The fourth-order valence-electron chi connectivity index (χ4n) is 1.76. The molecular weight excluding hydrogens is 226 g/mol. The molecule has 2 unspecified atom stereocenters. The molecule has 0 amide bonds. The van der Waals surface area contributed by atoms with Crippen LogP contribution in [0.3, 0.4) is 0 Å². The van der Waals surface area contributed by atoms with E-state index in [1.807, 2.05) is 0 Å². The van der Waals surface area contributed by atoms with Gasteiger partial charge in [-0.1, -0.05) is 0 Å². The minimum atomic E-state index is -1.23. The first-order chi connectivity index (χ1) is 6.61. The van der Waals surface area contributed by atoms with Gasteiger partial charge in [0.05, 0.1) is 25.4 Å². The van der Waals surface area contributed by atoms with Crippen LogP contribution in [0.1, 0.15) is 0 Å². The Hall–Kier alpha value is 0.0500. The average molecular weight is 244 g/mol. The summed E-state index contributed by atoms with van der Waals surface area (Å²) >= 11 is 0. The van der Waals surface area contributed by atoms with Gasteiger partial charge >= 0.3 is 0 Å². The van der Waals surface area contributed by atoms with Crippen molar-refractivity contribution in [1.82, 2.24) is 4.90 Å². The van der Waals surface area contributed by atoms with Gasteiger partial charge in [-0.05, 0) is 0 Å². The summed E-state index contributed by atoms with van der Waals surface area (Å²) in [6, 6.07) is -0.624. The van der Waals surface area contributed by atoms with Crippen LogP contribution < -0.4 is 0 Å². The van der Waals surface area contributed by atoms with Crippen molar-refractivity contribution in [1.29, 1.82) is 0 Å². The van der Waals surface area contributed by atoms with Crippen LogP contribution in [0.15, 0.2) is 0 Å². The molecule has 4 atom stereocenters. The molecule has 6 nitrogen and oxygen atoms in total. The first kappa shape index (κ1) is 15.0. The van der Waals surface area contributed by atoms with Gasteiger partial charge in [0.15, 0.2) is 0 Å².